The second-order valence-corrected chi connectivity index (χ2v) is 4.52. The molecule has 5 heteroatoms. The number of carbonyl (C=O) groups excluding carboxylic acids is 1. The lowest BCUT2D eigenvalue weighted by Gasteiger charge is -2.37. The molecule has 94 valence electrons. The zero-order chi connectivity index (χ0) is 12.1. The number of ether oxygens (including phenoxy) is 1. The van der Waals surface area contributed by atoms with Crippen LogP contribution in [-0.2, 0) is 9.53 Å². The fraction of sp³-hybridized carbons (Fsp3) is 0.909. The summed E-state index contributed by atoms with van der Waals surface area (Å²) in [5, 5.41) is 2.93. The topological polar surface area (TPSA) is 67.6 Å². The lowest BCUT2D eigenvalue weighted by atomic mass is 10.1. The number of primary amides is 1. The number of nitrogens with zero attached hydrogens (tertiary/aromatic N) is 1. The normalized spacial score (nSPS) is 28.9. The standard InChI is InChI=1S/C11H23N3O2/c1-8-7-16-9(2)6-14(8)5-4-10(13-3)11(12)15/h8-10,13H,4-7H2,1-3H3,(H2,12,15). The van der Waals surface area contributed by atoms with E-state index in [1.807, 2.05) is 0 Å². The zero-order valence-corrected chi connectivity index (χ0v) is 10.4. The first kappa shape index (κ1) is 13.4. The van der Waals surface area contributed by atoms with Crippen molar-refractivity contribution in [3.63, 3.8) is 0 Å². The van der Waals surface area contributed by atoms with Crippen molar-refractivity contribution < 1.29 is 9.53 Å². The van der Waals surface area contributed by atoms with Crippen molar-refractivity contribution in [2.24, 2.45) is 5.73 Å². The van der Waals surface area contributed by atoms with Gasteiger partial charge < -0.3 is 15.8 Å². The Labute approximate surface area is 97.3 Å². The Kier molecular flexibility index (Phi) is 5.18. The maximum absolute atomic E-state index is 11.1. The minimum absolute atomic E-state index is 0.231. The Morgan fingerprint density at radius 3 is 2.88 bits per heavy atom. The summed E-state index contributed by atoms with van der Waals surface area (Å²) in [5.41, 5.74) is 5.28. The molecule has 0 aromatic carbocycles. The van der Waals surface area contributed by atoms with Gasteiger partial charge in [-0.1, -0.05) is 0 Å². The Balaban J connectivity index is 2.37. The van der Waals surface area contributed by atoms with Gasteiger partial charge in [0.1, 0.15) is 0 Å². The summed E-state index contributed by atoms with van der Waals surface area (Å²) in [7, 11) is 1.76. The number of rotatable bonds is 5. The summed E-state index contributed by atoms with van der Waals surface area (Å²) in [5.74, 6) is -0.281. The number of hydrogen-bond acceptors (Lipinski definition) is 4. The number of morpholine rings is 1. The third kappa shape index (κ3) is 3.73. The van der Waals surface area contributed by atoms with Gasteiger partial charge in [-0.25, -0.2) is 0 Å². The number of amides is 1. The molecule has 16 heavy (non-hydrogen) atoms. The zero-order valence-electron chi connectivity index (χ0n) is 10.4. The van der Waals surface area contributed by atoms with Crippen LogP contribution in [0.3, 0.4) is 0 Å². The molecule has 0 radical (unpaired) electrons. The molecule has 0 saturated carbocycles. The highest BCUT2D eigenvalue weighted by molar-refractivity contribution is 5.79. The summed E-state index contributed by atoms with van der Waals surface area (Å²) < 4.78 is 5.55. The third-order valence-corrected chi connectivity index (χ3v) is 3.13. The first-order valence-corrected chi connectivity index (χ1v) is 5.86. The number of carbonyl (C=O) groups is 1. The van der Waals surface area contributed by atoms with Crippen LogP contribution in [-0.4, -0.2) is 55.7 Å². The van der Waals surface area contributed by atoms with Crippen molar-refractivity contribution in [2.45, 2.75) is 38.5 Å². The highest BCUT2D eigenvalue weighted by atomic mass is 16.5. The summed E-state index contributed by atoms with van der Waals surface area (Å²) in [4.78, 5) is 13.4. The summed E-state index contributed by atoms with van der Waals surface area (Å²) in [6.07, 6.45) is 1.03. The number of likely N-dealkylation sites (N-methyl/N-ethyl adjacent to an activating group) is 1. The average molecular weight is 229 g/mol. The molecule has 3 N–H and O–H groups in total. The molecule has 0 spiro atoms. The van der Waals surface area contributed by atoms with Gasteiger partial charge in [0, 0.05) is 19.1 Å². The van der Waals surface area contributed by atoms with E-state index in [1.165, 1.54) is 0 Å². The second kappa shape index (κ2) is 6.18. The van der Waals surface area contributed by atoms with Crippen LogP contribution in [0.25, 0.3) is 0 Å². The monoisotopic (exact) mass is 229 g/mol. The van der Waals surface area contributed by atoms with Crippen molar-refractivity contribution in [1.29, 1.82) is 0 Å². The van der Waals surface area contributed by atoms with Gasteiger partial charge in [0.25, 0.3) is 0 Å². The molecule has 0 bridgehead atoms. The molecule has 1 aliphatic rings. The smallest absolute Gasteiger partial charge is 0.234 e. The predicted octanol–water partition coefficient (Wildman–Crippen LogP) is -0.441. The minimum atomic E-state index is -0.281. The van der Waals surface area contributed by atoms with Crippen LogP contribution in [0.4, 0.5) is 0 Å². The quantitative estimate of drug-likeness (QED) is 0.670. The van der Waals surface area contributed by atoms with E-state index in [9.17, 15) is 4.79 Å². The van der Waals surface area contributed by atoms with Crippen LogP contribution < -0.4 is 11.1 Å². The molecular formula is C11H23N3O2. The van der Waals surface area contributed by atoms with Gasteiger partial charge in [0.15, 0.2) is 0 Å². The van der Waals surface area contributed by atoms with E-state index >= 15 is 0 Å². The Morgan fingerprint density at radius 1 is 1.62 bits per heavy atom. The first-order chi connectivity index (χ1) is 7.54. The molecule has 3 unspecified atom stereocenters. The van der Waals surface area contributed by atoms with Crippen molar-refractivity contribution in [2.75, 3.05) is 26.7 Å². The number of hydrogen-bond donors (Lipinski definition) is 2. The number of nitrogens with two attached hydrogens (primary N) is 1. The lowest BCUT2D eigenvalue weighted by molar-refractivity contribution is -0.120. The van der Waals surface area contributed by atoms with E-state index in [2.05, 4.69) is 24.1 Å². The first-order valence-electron chi connectivity index (χ1n) is 5.86. The van der Waals surface area contributed by atoms with Crippen LogP contribution >= 0.6 is 0 Å². The number of nitrogens with one attached hydrogen (secondary N) is 1. The van der Waals surface area contributed by atoms with E-state index in [4.69, 9.17) is 10.5 Å². The van der Waals surface area contributed by atoms with Crippen molar-refractivity contribution in [3.8, 4) is 0 Å². The van der Waals surface area contributed by atoms with Gasteiger partial charge in [-0.05, 0) is 27.3 Å². The average Bonchev–Trinajstić information content (AvgIpc) is 2.23. The van der Waals surface area contributed by atoms with E-state index in [-0.39, 0.29) is 18.1 Å². The van der Waals surface area contributed by atoms with Gasteiger partial charge in [0.05, 0.1) is 18.8 Å². The summed E-state index contributed by atoms with van der Waals surface area (Å²) in [6.45, 7) is 6.79. The van der Waals surface area contributed by atoms with E-state index in [0.717, 1.165) is 26.1 Å². The van der Waals surface area contributed by atoms with Gasteiger partial charge in [-0.3, -0.25) is 9.69 Å². The van der Waals surface area contributed by atoms with Crippen molar-refractivity contribution in [1.82, 2.24) is 10.2 Å². The van der Waals surface area contributed by atoms with E-state index in [1.54, 1.807) is 7.05 Å². The van der Waals surface area contributed by atoms with Gasteiger partial charge in [-0.2, -0.15) is 0 Å². The minimum Gasteiger partial charge on any atom is -0.376 e. The van der Waals surface area contributed by atoms with Crippen LogP contribution in [0, 0.1) is 0 Å². The Bertz CT molecular complexity index is 235. The van der Waals surface area contributed by atoms with Gasteiger partial charge in [-0.15, -0.1) is 0 Å². The molecular weight excluding hydrogens is 206 g/mol. The van der Waals surface area contributed by atoms with Gasteiger partial charge >= 0.3 is 0 Å². The van der Waals surface area contributed by atoms with Crippen LogP contribution in [0.1, 0.15) is 20.3 Å². The fourth-order valence-corrected chi connectivity index (χ4v) is 2.01. The molecule has 1 saturated heterocycles. The second-order valence-electron chi connectivity index (χ2n) is 4.52. The van der Waals surface area contributed by atoms with Crippen molar-refractivity contribution >= 4 is 5.91 Å². The van der Waals surface area contributed by atoms with Crippen LogP contribution in [0.15, 0.2) is 0 Å². The molecule has 1 aliphatic heterocycles. The summed E-state index contributed by atoms with van der Waals surface area (Å²) in [6, 6.07) is 0.187. The third-order valence-electron chi connectivity index (χ3n) is 3.13. The molecule has 1 rings (SSSR count). The summed E-state index contributed by atoms with van der Waals surface area (Å²) >= 11 is 0. The van der Waals surface area contributed by atoms with E-state index in [0.29, 0.717) is 6.04 Å². The van der Waals surface area contributed by atoms with Crippen molar-refractivity contribution in [3.05, 3.63) is 0 Å². The SMILES string of the molecule is CNC(CCN1CC(C)OCC1C)C(N)=O. The maximum atomic E-state index is 11.1. The molecule has 0 aliphatic carbocycles. The van der Waals surface area contributed by atoms with Crippen LogP contribution in [0.2, 0.25) is 0 Å². The molecule has 1 amide bonds. The largest absolute Gasteiger partial charge is 0.376 e. The Morgan fingerprint density at radius 2 is 2.31 bits per heavy atom. The molecule has 5 nitrogen and oxygen atoms in total. The molecule has 3 atom stereocenters. The Hall–Kier alpha value is -0.650. The van der Waals surface area contributed by atoms with Crippen LogP contribution in [0.5, 0.6) is 0 Å². The highest BCUT2D eigenvalue weighted by Crippen LogP contribution is 2.12. The van der Waals surface area contributed by atoms with E-state index < -0.39 is 0 Å². The van der Waals surface area contributed by atoms with Gasteiger partial charge in [0.2, 0.25) is 5.91 Å². The molecule has 0 aromatic rings. The predicted molar refractivity (Wildman–Crippen MR) is 63.1 cm³/mol. The molecule has 1 fully saturated rings. The lowest BCUT2D eigenvalue weighted by Crippen LogP contribution is -2.49. The maximum Gasteiger partial charge on any atom is 0.234 e. The highest BCUT2D eigenvalue weighted by Gasteiger charge is 2.24. The molecule has 0 aromatic heterocycles. The molecule has 1 heterocycles. The fourth-order valence-electron chi connectivity index (χ4n) is 2.01.